The Labute approximate surface area is 174 Å². The zero-order chi connectivity index (χ0) is 20.9. The highest BCUT2D eigenvalue weighted by molar-refractivity contribution is 7.89. The maximum atomic E-state index is 12.6. The molecule has 0 amide bonds. The quantitative estimate of drug-likeness (QED) is 0.652. The average Bonchev–Trinajstić information content (AvgIpc) is 2.65. The van der Waals surface area contributed by atoms with Crippen LogP contribution in [0.25, 0.3) is 0 Å². The monoisotopic (exact) mass is 419 g/mol. The number of nitrogens with zero attached hydrogens (tertiary/aromatic N) is 1. The van der Waals surface area contributed by atoms with E-state index in [1.54, 1.807) is 12.1 Å². The van der Waals surface area contributed by atoms with Crippen LogP contribution >= 0.6 is 12.2 Å². The van der Waals surface area contributed by atoms with E-state index in [-0.39, 0.29) is 6.04 Å². The molecule has 2 aromatic carbocycles. The van der Waals surface area contributed by atoms with Crippen LogP contribution in [0.2, 0.25) is 0 Å². The van der Waals surface area contributed by atoms with E-state index in [0.717, 1.165) is 11.3 Å². The number of nitrogens with one attached hydrogen (secondary N) is 2. The zero-order valence-electron chi connectivity index (χ0n) is 17.1. The van der Waals surface area contributed by atoms with E-state index in [4.69, 9.17) is 12.2 Å². The molecule has 0 spiro atoms. The first-order chi connectivity index (χ1) is 13.2. The molecule has 0 fully saturated rings. The first kappa shape index (κ1) is 22.3. The number of hydrogen-bond donors (Lipinski definition) is 2. The van der Waals surface area contributed by atoms with Crippen LogP contribution in [-0.4, -0.2) is 30.9 Å². The number of anilines is 1. The fourth-order valence-corrected chi connectivity index (χ4v) is 4.66. The van der Waals surface area contributed by atoms with Crippen molar-refractivity contribution in [3.05, 3.63) is 59.2 Å². The smallest absolute Gasteiger partial charge is 0.243 e. The summed E-state index contributed by atoms with van der Waals surface area (Å²) >= 11 is 5.41. The summed E-state index contributed by atoms with van der Waals surface area (Å²) in [6.07, 6.45) is 0. The topological polar surface area (TPSA) is 61.4 Å². The third kappa shape index (κ3) is 5.31. The molecule has 5 nitrogen and oxygen atoms in total. The SMILES string of the molecule is CCN(CC)S(=O)(=O)c1ccc([C@@H](C)NC(=S)Nc2ccc(C)c(C)c2)cc1. The van der Waals surface area contributed by atoms with Crippen molar-refractivity contribution in [1.82, 2.24) is 9.62 Å². The Kier molecular flexibility index (Phi) is 7.57. The average molecular weight is 420 g/mol. The molecule has 2 rings (SSSR count). The molecular formula is C21H29N3O2S2. The van der Waals surface area contributed by atoms with E-state index in [9.17, 15) is 8.42 Å². The number of benzene rings is 2. The van der Waals surface area contributed by atoms with Gasteiger partial charge in [-0.15, -0.1) is 0 Å². The summed E-state index contributed by atoms with van der Waals surface area (Å²) in [5.74, 6) is 0. The van der Waals surface area contributed by atoms with Crippen LogP contribution < -0.4 is 10.6 Å². The molecule has 2 N–H and O–H groups in total. The predicted octanol–water partition coefficient (Wildman–Crippen LogP) is 4.38. The van der Waals surface area contributed by atoms with E-state index in [0.29, 0.717) is 23.1 Å². The minimum Gasteiger partial charge on any atom is -0.356 e. The van der Waals surface area contributed by atoms with Gasteiger partial charge in [-0.05, 0) is 73.9 Å². The van der Waals surface area contributed by atoms with E-state index >= 15 is 0 Å². The van der Waals surface area contributed by atoms with Gasteiger partial charge in [0.15, 0.2) is 5.11 Å². The van der Waals surface area contributed by atoms with Crippen molar-refractivity contribution in [3.63, 3.8) is 0 Å². The van der Waals surface area contributed by atoms with Crippen LogP contribution in [0.4, 0.5) is 5.69 Å². The molecule has 0 aliphatic rings. The molecule has 152 valence electrons. The fourth-order valence-electron chi connectivity index (χ4n) is 2.91. The molecule has 0 radical (unpaired) electrons. The molecule has 1 atom stereocenters. The summed E-state index contributed by atoms with van der Waals surface area (Å²) in [5, 5.41) is 6.96. The van der Waals surface area contributed by atoms with Crippen molar-refractivity contribution in [3.8, 4) is 0 Å². The number of hydrogen-bond acceptors (Lipinski definition) is 3. The summed E-state index contributed by atoms with van der Waals surface area (Å²) in [4.78, 5) is 0.308. The number of thiocarbonyl (C=S) groups is 1. The second kappa shape index (κ2) is 9.49. The fraction of sp³-hybridized carbons (Fsp3) is 0.381. The lowest BCUT2D eigenvalue weighted by molar-refractivity contribution is 0.445. The summed E-state index contributed by atoms with van der Waals surface area (Å²) in [7, 11) is -3.44. The van der Waals surface area contributed by atoms with Gasteiger partial charge in [0.25, 0.3) is 0 Å². The zero-order valence-corrected chi connectivity index (χ0v) is 18.7. The molecule has 0 unspecified atom stereocenters. The van der Waals surface area contributed by atoms with E-state index in [1.807, 2.05) is 39.0 Å². The molecule has 0 aliphatic carbocycles. The highest BCUT2D eigenvalue weighted by Crippen LogP contribution is 2.20. The van der Waals surface area contributed by atoms with Gasteiger partial charge in [0.2, 0.25) is 10.0 Å². The van der Waals surface area contributed by atoms with Gasteiger partial charge in [-0.3, -0.25) is 0 Å². The van der Waals surface area contributed by atoms with Gasteiger partial charge in [-0.2, -0.15) is 4.31 Å². The predicted molar refractivity (Wildman–Crippen MR) is 120 cm³/mol. The first-order valence-corrected chi connectivity index (χ1v) is 11.3. The molecule has 7 heteroatoms. The Morgan fingerprint density at radius 1 is 1.04 bits per heavy atom. The van der Waals surface area contributed by atoms with E-state index in [2.05, 4.69) is 36.6 Å². The third-order valence-corrected chi connectivity index (χ3v) is 7.12. The third-order valence-electron chi connectivity index (χ3n) is 4.84. The Morgan fingerprint density at radius 3 is 2.18 bits per heavy atom. The Hall–Kier alpha value is -1.96. The molecule has 28 heavy (non-hydrogen) atoms. The van der Waals surface area contributed by atoms with Gasteiger partial charge < -0.3 is 10.6 Å². The van der Waals surface area contributed by atoms with Gasteiger partial charge in [0.05, 0.1) is 10.9 Å². The van der Waals surface area contributed by atoms with Crippen molar-refractivity contribution in [2.45, 2.75) is 45.6 Å². The van der Waals surface area contributed by atoms with Gasteiger partial charge in [0, 0.05) is 18.8 Å². The van der Waals surface area contributed by atoms with Crippen molar-refractivity contribution >= 4 is 33.0 Å². The Balaban J connectivity index is 2.05. The van der Waals surface area contributed by atoms with Crippen LogP contribution in [0.5, 0.6) is 0 Å². The second-order valence-electron chi connectivity index (χ2n) is 6.78. The molecule has 0 bridgehead atoms. The van der Waals surface area contributed by atoms with Crippen LogP contribution in [0.15, 0.2) is 47.4 Å². The first-order valence-electron chi connectivity index (χ1n) is 9.43. The van der Waals surface area contributed by atoms with Crippen LogP contribution in [0.1, 0.15) is 43.5 Å². The van der Waals surface area contributed by atoms with Crippen molar-refractivity contribution in [2.24, 2.45) is 0 Å². The summed E-state index contributed by atoms with van der Waals surface area (Å²) in [6, 6.07) is 13.0. The lowest BCUT2D eigenvalue weighted by Gasteiger charge is -2.20. The highest BCUT2D eigenvalue weighted by atomic mass is 32.2. The second-order valence-corrected chi connectivity index (χ2v) is 9.12. The van der Waals surface area contributed by atoms with Crippen LogP contribution in [0.3, 0.4) is 0 Å². The minimum absolute atomic E-state index is 0.0586. The number of aryl methyl sites for hydroxylation is 2. The van der Waals surface area contributed by atoms with Gasteiger partial charge in [-0.25, -0.2) is 8.42 Å². The van der Waals surface area contributed by atoms with E-state index < -0.39 is 10.0 Å². The maximum Gasteiger partial charge on any atom is 0.243 e. The molecule has 0 aliphatic heterocycles. The van der Waals surface area contributed by atoms with Crippen LogP contribution in [-0.2, 0) is 10.0 Å². The van der Waals surface area contributed by atoms with Crippen molar-refractivity contribution < 1.29 is 8.42 Å². The largest absolute Gasteiger partial charge is 0.356 e. The number of rotatable bonds is 7. The maximum absolute atomic E-state index is 12.6. The normalized spacial score (nSPS) is 12.6. The molecule has 0 saturated heterocycles. The molecule has 0 aromatic heterocycles. The molecular weight excluding hydrogens is 390 g/mol. The Morgan fingerprint density at radius 2 is 1.64 bits per heavy atom. The molecule has 2 aromatic rings. The van der Waals surface area contributed by atoms with Crippen molar-refractivity contribution in [1.29, 1.82) is 0 Å². The van der Waals surface area contributed by atoms with Crippen molar-refractivity contribution in [2.75, 3.05) is 18.4 Å². The summed E-state index contributed by atoms with van der Waals surface area (Å²) in [5.41, 5.74) is 4.33. The lowest BCUT2D eigenvalue weighted by atomic mass is 10.1. The minimum atomic E-state index is -3.44. The van der Waals surface area contributed by atoms with Gasteiger partial charge in [0.1, 0.15) is 0 Å². The molecule has 0 heterocycles. The standard InChI is InChI=1S/C21H29N3O2S2/c1-6-24(7-2)28(25,26)20-12-9-18(10-13-20)17(5)22-21(27)23-19-11-8-15(3)16(4)14-19/h8-14,17H,6-7H2,1-5H3,(H2,22,23,27)/t17-/m1/s1. The van der Waals surface area contributed by atoms with Gasteiger partial charge in [-0.1, -0.05) is 32.0 Å². The molecule has 0 saturated carbocycles. The summed E-state index contributed by atoms with van der Waals surface area (Å²) in [6.45, 7) is 10.7. The van der Waals surface area contributed by atoms with E-state index in [1.165, 1.54) is 15.4 Å². The van der Waals surface area contributed by atoms with Crippen LogP contribution in [0, 0.1) is 13.8 Å². The lowest BCUT2D eigenvalue weighted by Crippen LogP contribution is -2.31. The highest BCUT2D eigenvalue weighted by Gasteiger charge is 2.21. The summed E-state index contributed by atoms with van der Waals surface area (Å²) < 4.78 is 26.6. The number of sulfonamides is 1. The Bertz CT molecular complexity index is 921. The van der Waals surface area contributed by atoms with Gasteiger partial charge >= 0.3 is 0 Å².